The van der Waals surface area contributed by atoms with Crippen molar-refractivity contribution in [3.05, 3.63) is 0 Å². The zero-order valence-electron chi connectivity index (χ0n) is 8.21. The van der Waals surface area contributed by atoms with Gasteiger partial charge in [-0.15, -0.1) is 0 Å². The summed E-state index contributed by atoms with van der Waals surface area (Å²) in [5, 5.41) is 3.25. The van der Waals surface area contributed by atoms with E-state index in [1.54, 1.807) is 4.90 Å². The Labute approximate surface area is 79.2 Å². The summed E-state index contributed by atoms with van der Waals surface area (Å²) < 4.78 is 4.91. The Bertz CT molecular complexity index is 162. The Kier molecular flexibility index (Phi) is 4.60. The maximum Gasteiger partial charge on any atom is 0.409 e. The summed E-state index contributed by atoms with van der Waals surface area (Å²) in [6, 6.07) is 0. The molecule has 0 aromatic heterocycles. The lowest BCUT2D eigenvalue weighted by atomic mass is 10.3. The van der Waals surface area contributed by atoms with Gasteiger partial charge in [0, 0.05) is 19.6 Å². The lowest BCUT2D eigenvalue weighted by molar-refractivity contribution is 0.0734. The quantitative estimate of drug-likeness (QED) is 0.646. The molecule has 0 radical (unpaired) electrons. The topological polar surface area (TPSA) is 41.6 Å². The normalized spacial score (nSPS) is 17.3. The van der Waals surface area contributed by atoms with Crippen LogP contribution in [0.2, 0.25) is 0 Å². The molecule has 76 valence electrons. The van der Waals surface area contributed by atoms with Crippen molar-refractivity contribution in [2.24, 2.45) is 0 Å². The van der Waals surface area contributed by atoms with Crippen LogP contribution in [-0.2, 0) is 4.74 Å². The predicted octanol–water partition coefficient (Wildman–Crippen LogP) is 0.828. The maximum atomic E-state index is 11.1. The summed E-state index contributed by atoms with van der Waals surface area (Å²) in [4.78, 5) is 12.9. The molecule has 0 saturated carbocycles. The standard InChI is InChI=1S/C9H18N2O2/c1-2-4-10-5-7-11-6-3-8-13-9(11)12/h10H,2-8H2,1H3. The van der Waals surface area contributed by atoms with Crippen LogP contribution in [0.1, 0.15) is 19.8 Å². The summed E-state index contributed by atoms with van der Waals surface area (Å²) in [5.41, 5.74) is 0. The van der Waals surface area contributed by atoms with Gasteiger partial charge in [0.1, 0.15) is 0 Å². The van der Waals surface area contributed by atoms with Gasteiger partial charge in [-0.2, -0.15) is 0 Å². The molecule has 0 unspecified atom stereocenters. The van der Waals surface area contributed by atoms with Crippen LogP contribution in [-0.4, -0.2) is 43.8 Å². The number of carbonyl (C=O) groups is 1. The Morgan fingerprint density at radius 2 is 2.38 bits per heavy atom. The van der Waals surface area contributed by atoms with Gasteiger partial charge in [-0.1, -0.05) is 6.92 Å². The Morgan fingerprint density at radius 1 is 1.54 bits per heavy atom. The van der Waals surface area contributed by atoms with Crippen LogP contribution in [0.4, 0.5) is 4.79 Å². The second-order valence-corrected chi connectivity index (χ2v) is 3.20. The number of ether oxygens (including phenoxy) is 1. The third kappa shape index (κ3) is 3.63. The van der Waals surface area contributed by atoms with Crippen molar-refractivity contribution in [1.29, 1.82) is 0 Å². The van der Waals surface area contributed by atoms with E-state index in [9.17, 15) is 4.79 Å². The minimum Gasteiger partial charge on any atom is -0.449 e. The molecule has 4 nitrogen and oxygen atoms in total. The molecule has 1 aliphatic rings. The van der Waals surface area contributed by atoms with Crippen LogP contribution >= 0.6 is 0 Å². The van der Waals surface area contributed by atoms with E-state index >= 15 is 0 Å². The third-order valence-electron chi connectivity index (χ3n) is 2.04. The lowest BCUT2D eigenvalue weighted by Crippen LogP contribution is -2.41. The molecule has 4 heteroatoms. The number of hydrogen-bond donors (Lipinski definition) is 1. The van der Waals surface area contributed by atoms with Gasteiger partial charge >= 0.3 is 6.09 Å². The summed E-state index contributed by atoms with van der Waals surface area (Å²) >= 11 is 0. The highest BCUT2D eigenvalue weighted by Gasteiger charge is 2.18. The highest BCUT2D eigenvalue weighted by Crippen LogP contribution is 2.02. The third-order valence-corrected chi connectivity index (χ3v) is 2.04. The van der Waals surface area contributed by atoms with Gasteiger partial charge in [0.25, 0.3) is 0 Å². The van der Waals surface area contributed by atoms with Crippen molar-refractivity contribution in [3.63, 3.8) is 0 Å². The Morgan fingerprint density at radius 3 is 3.08 bits per heavy atom. The molecule has 0 aliphatic carbocycles. The minimum absolute atomic E-state index is 0.162. The number of nitrogens with zero attached hydrogens (tertiary/aromatic N) is 1. The number of rotatable bonds is 5. The highest BCUT2D eigenvalue weighted by atomic mass is 16.6. The smallest absolute Gasteiger partial charge is 0.409 e. The van der Waals surface area contributed by atoms with E-state index in [-0.39, 0.29) is 6.09 Å². The average Bonchev–Trinajstić information content (AvgIpc) is 2.15. The molecule has 0 aromatic rings. The molecule has 1 amide bonds. The van der Waals surface area contributed by atoms with Crippen molar-refractivity contribution in [2.75, 3.05) is 32.8 Å². The van der Waals surface area contributed by atoms with E-state index in [4.69, 9.17) is 4.74 Å². The highest BCUT2D eigenvalue weighted by molar-refractivity contribution is 5.68. The van der Waals surface area contributed by atoms with Gasteiger partial charge in [-0.25, -0.2) is 4.79 Å². The fourth-order valence-electron chi connectivity index (χ4n) is 1.32. The fourth-order valence-corrected chi connectivity index (χ4v) is 1.32. The Balaban J connectivity index is 2.08. The largest absolute Gasteiger partial charge is 0.449 e. The van der Waals surface area contributed by atoms with E-state index in [1.807, 2.05) is 0 Å². The van der Waals surface area contributed by atoms with E-state index in [1.165, 1.54) is 0 Å². The summed E-state index contributed by atoms with van der Waals surface area (Å²) in [6.07, 6.45) is 1.92. The average molecular weight is 186 g/mol. The molecule has 0 spiro atoms. The van der Waals surface area contributed by atoms with Crippen molar-refractivity contribution in [3.8, 4) is 0 Å². The fraction of sp³-hybridized carbons (Fsp3) is 0.889. The van der Waals surface area contributed by atoms with Crippen LogP contribution in [0.3, 0.4) is 0 Å². The number of carbonyl (C=O) groups excluding carboxylic acids is 1. The first-order chi connectivity index (χ1) is 6.34. The van der Waals surface area contributed by atoms with Gasteiger partial charge in [0.05, 0.1) is 6.61 Å². The first-order valence-electron chi connectivity index (χ1n) is 4.97. The molecule has 0 atom stereocenters. The maximum absolute atomic E-state index is 11.1. The number of amides is 1. The van der Waals surface area contributed by atoms with Crippen molar-refractivity contribution in [2.45, 2.75) is 19.8 Å². The van der Waals surface area contributed by atoms with Gasteiger partial charge in [0.15, 0.2) is 0 Å². The predicted molar refractivity (Wildman–Crippen MR) is 50.7 cm³/mol. The first kappa shape index (κ1) is 10.3. The number of nitrogens with one attached hydrogen (secondary N) is 1. The molecular formula is C9H18N2O2. The second kappa shape index (κ2) is 5.80. The van der Waals surface area contributed by atoms with Gasteiger partial charge < -0.3 is 15.0 Å². The van der Waals surface area contributed by atoms with Crippen LogP contribution in [0.25, 0.3) is 0 Å². The first-order valence-corrected chi connectivity index (χ1v) is 4.97. The molecule has 1 aliphatic heterocycles. The van der Waals surface area contributed by atoms with Crippen LogP contribution in [0.15, 0.2) is 0 Å². The van der Waals surface area contributed by atoms with Crippen LogP contribution < -0.4 is 5.32 Å². The molecule has 1 fully saturated rings. The van der Waals surface area contributed by atoms with E-state index < -0.39 is 0 Å². The summed E-state index contributed by atoms with van der Waals surface area (Å²) in [6.45, 7) is 6.19. The summed E-state index contributed by atoms with van der Waals surface area (Å²) in [7, 11) is 0. The molecule has 1 heterocycles. The number of hydrogen-bond acceptors (Lipinski definition) is 3. The van der Waals surface area contributed by atoms with Crippen molar-refractivity contribution < 1.29 is 9.53 Å². The number of cyclic esters (lactones) is 1. The lowest BCUT2D eigenvalue weighted by Gasteiger charge is -2.26. The zero-order chi connectivity index (χ0) is 9.52. The van der Waals surface area contributed by atoms with Crippen LogP contribution in [0, 0.1) is 0 Å². The zero-order valence-corrected chi connectivity index (χ0v) is 8.21. The van der Waals surface area contributed by atoms with E-state index in [2.05, 4.69) is 12.2 Å². The van der Waals surface area contributed by atoms with Gasteiger partial charge in [-0.05, 0) is 19.4 Å². The van der Waals surface area contributed by atoms with Crippen molar-refractivity contribution >= 4 is 6.09 Å². The van der Waals surface area contributed by atoms with Crippen molar-refractivity contribution in [1.82, 2.24) is 10.2 Å². The SMILES string of the molecule is CCCNCCN1CCCOC1=O. The molecule has 1 saturated heterocycles. The molecule has 1 N–H and O–H groups in total. The molecule has 0 bridgehead atoms. The van der Waals surface area contributed by atoms with Gasteiger partial charge in [0.2, 0.25) is 0 Å². The van der Waals surface area contributed by atoms with Crippen LogP contribution in [0.5, 0.6) is 0 Å². The monoisotopic (exact) mass is 186 g/mol. The second-order valence-electron chi connectivity index (χ2n) is 3.20. The molecular weight excluding hydrogens is 168 g/mol. The Hall–Kier alpha value is -0.770. The van der Waals surface area contributed by atoms with E-state index in [0.717, 1.165) is 39.0 Å². The minimum atomic E-state index is -0.162. The molecule has 13 heavy (non-hydrogen) atoms. The molecule has 0 aromatic carbocycles. The van der Waals surface area contributed by atoms with Gasteiger partial charge in [-0.3, -0.25) is 0 Å². The molecule has 1 rings (SSSR count). The van der Waals surface area contributed by atoms with E-state index in [0.29, 0.717) is 6.61 Å². The summed E-state index contributed by atoms with van der Waals surface area (Å²) in [5.74, 6) is 0.